The minimum atomic E-state index is 0.0610. The van der Waals surface area contributed by atoms with Gasteiger partial charge in [-0.3, -0.25) is 5.41 Å². The Morgan fingerprint density at radius 2 is 2.14 bits per heavy atom. The molecular formula is C14H22BrN7. The van der Waals surface area contributed by atoms with Gasteiger partial charge in [0.15, 0.2) is 0 Å². The maximum Gasteiger partial charge on any atom is 0.216 e. The molecule has 0 saturated carbocycles. The Morgan fingerprint density at radius 1 is 1.45 bits per heavy atom. The number of anilines is 1. The summed E-state index contributed by atoms with van der Waals surface area (Å²) >= 11 is 3.37. The zero-order valence-corrected chi connectivity index (χ0v) is 14.8. The summed E-state index contributed by atoms with van der Waals surface area (Å²) in [6, 6.07) is 2.08. The zero-order valence-electron chi connectivity index (χ0n) is 13.2. The van der Waals surface area contributed by atoms with Crippen LogP contribution in [0.15, 0.2) is 15.7 Å². The normalized spacial score (nSPS) is 10.8. The Balaban J connectivity index is 3.08. The van der Waals surface area contributed by atoms with Crippen LogP contribution in [0.2, 0.25) is 0 Å². The first-order chi connectivity index (χ1) is 10.3. The number of hydrogen-bond donors (Lipinski definition) is 5. The molecule has 1 heterocycles. The smallest absolute Gasteiger partial charge is 0.216 e. The third-order valence-corrected chi connectivity index (χ3v) is 3.03. The third kappa shape index (κ3) is 5.44. The van der Waals surface area contributed by atoms with Crippen molar-refractivity contribution >= 4 is 39.6 Å². The van der Waals surface area contributed by atoms with Crippen LogP contribution in [0.3, 0.4) is 0 Å². The lowest BCUT2D eigenvalue weighted by Gasteiger charge is -2.19. The van der Waals surface area contributed by atoms with Gasteiger partial charge in [0.2, 0.25) is 5.96 Å². The van der Waals surface area contributed by atoms with Crippen LogP contribution in [-0.2, 0) is 6.54 Å². The van der Waals surface area contributed by atoms with Crippen molar-refractivity contribution in [3.05, 3.63) is 21.9 Å². The second-order valence-electron chi connectivity index (χ2n) is 5.00. The molecule has 120 valence electrons. The van der Waals surface area contributed by atoms with E-state index >= 15 is 0 Å². The highest BCUT2D eigenvalue weighted by Gasteiger charge is 2.14. The Kier molecular flexibility index (Phi) is 6.97. The molecule has 0 aliphatic rings. The molecule has 0 spiro atoms. The van der Waals surface area contributed by atoms with E-state index in [2.05, 4.69) is 41.9 Å². The standard InChI is InChI=1S/C14H22BrN7/c1-8(2)21-13-10(6-19-14(17)20-7-18-4)5-11(15)22-12(13)9(3)16/h5,7-8,16,21H,6H2,1-4H3,(H3,17,18,19,20). The fourth-order valence-electron chi connectivity index (χ4n) is 1.78. The number of hydrogen-bond acceptors (Lipinski definition) is 4. The summed E-state index contributed by atoms with van der Waals surface area (Å²) < 4.78 is 0.658. The van der Waals surface area contributed by atoms with Gasteiger partial charge in [-0.25, -0.2) is 9.98 Å². The van der Waals surface area contributed by atoms with E-state index in [9.17, 15) is 0 Å². The SMILES string of the molecule is CN/C=N\C(=N)NCc1cc(Br)nc(C(C)=N)c1NC(C)C. The van der Waals surface area contributed by atoms with E-state index in [1.165, 1.54) is 6.34 Å². The zero-order chi connectivity index (χ0) is 16.7. The summed E-state index contributed by atoms with van der Waals surface area (Å²) in [4.78, 5) is 8.25. The average Bonchev–Trinajstić information content (AvgIpc) is 2.44. The van der Waals surface area contributed by atoms with E-state index in [0.717, 1.165) is 11.3 Å². The molecule has 7 nitrogen and oxygen atoms in total. The second-order valence-corrected chi connectivity index (χ2v) is 5.81. The Hall–Kier alpha value is -1.96. The summed E-state index contributed by atoms with van der Waals surface area (Å²) in [5.41, 5.74) is 2.71. The molecule has 8 heteroatoms. The van der Waals surface area contributed by atoms with Crippen molar-refractivity contribution in [1.82, 2.24) is 15.6 Å². The Morgan fingerprint density at radius 3 is 2.68 bits per heavy atom. The predicted octanol–water partition coefficient (Wildman–Crippen LogP) is 2.32. The van der Waals surface area contributed by atoms with Crippen molar-refractivity contribution in [1.29, 1.82) is 10.8 Å². The average molecular weight is 368 g/mol. The molecule has 0 amide bonds. The molecule has 0 aliphatic heterocycles. The van der Waals surface area contributed by atoms with Crippen molar-refractivity contribution in [2.75, 3.05) is 12.4 Å². The monoisotopic (exact) mass is 367 g/mol. The van der Waals surface area contributed by atoms with Gasteiger partial charge >= 0.3 is 0 Å². The summed E-state index contributed by atoms with van der Waals surface area (Å²) in [7, 11) is 1.72. The van der Waals surface area contributed by atoms with E-state index in [-0.39, 0.29) is 12.0 Å². The van der Waals surface area contributed by atoms with Gasteiger partial charge in [0, 0.05) is 19.6 Å². The number of halogens is 1. The molecule has 5 N–H and O–H groups in total. The summed E-state index contributed by atoms with van der Waals surface area (Å²) in [5, 5.41) is 24.6. The van der Waals surface area contributed by atoms with E-state index in [4.69, 9.17) is 10.8 Å². The van der Waals surface area contributed by atoms with Crippen LogP contribution >= 0.6 is 15.9 Å². The molecule has 1 aromatic rings. The van der Waals surface area contributed by atoms with Crippen molar-refractivity contribution < 1.29 is 0 Å². The fraction of sp³-hybridized carbons (Fsp3) is 0.429. The Bertz CT molecular complexity index is 581. The van der Waals surface area contributed by atoms with Gasteiger partial charge in [0.25, 0.3) is 0 Å². The second kappa shape index (κ2) is 8.47. The topological polar surface area (TPSA) is 109 Å². The van der Waals surface area contributed by atoms with Gasteiger partial charge in [-0.05, 0) is 48.3 Å². The van der Waals surface area contributed by atoms with Crippen molar-refractivity contribution in [3.8, 4) is 0 Å². The molecule has 0 saturated heterocycles. The third-order valence-electron chi connectivity index (χ3n) is 2.63. The predicted molar refractivity (Wildman–Crippen MR) is 95.3 cm³/mol. The Labute approximate surface area is 139 Å². The maximum atomic E-state index is 7.90. The molecule has 0 atom stereocenters. The van der Waals surface area contributed by atoms with Gasteiger partial charge < -0.3 is 21.4 Å². The van der Waals surface area contributed by atoms with Crippen LogP contribution in [0.5, 0.6) is 0 Å². The van der Waals surface area contributed by atoms with Crippen molar-refractivity contribution in [2.24, 2.45) is 4.99 Å². The molecule has 0 bridgehead atoms. The number of pyridine rings is 1. The molecule has 0 radical (unpaired) electrons. The van der Waals surface area contributed by atoms with Crippen molar-refractivity contribution in [3.63, 3.8) is 0 Å². The summed E-state index contributed by atoms with van der Waals surface area (Å²) in [5.74, 6) is 0.0610. The van der Waals surface area contributed by atoms with E-state index in [1.54, 1.807) is 14.0 Å². The number of guanidine groups is 1. The minimum Gasteiger partial charge on any atom is -0.381 e. The van der Waals surface area contributed by atoms with Gasteiger partial charge in [-0.1, -0.05) is 0 Å². The van der Waals surface area contributed by atoms with E-state index in [1.807, 2.05) is 19.9 Å². The fourth-order valence-corrected chi connectivity index (χ4v) is 2.23. The first-order valence-electron chi connectivity index (χ1n) is 6.88. The highest BCUT2D eigenvalue weighted by Crippen LogP contribution is 2.24. The molecule has 0 unspecified atom stereocenters. The van der Waals surface area contributed by atoms with Crippen LogP contribution in [0.1, 0.15) is 32.0 Å². The first-order valence-corrected chi connectivity index (χ1v) is 7.68. The van der Waals surface area contributed by atoms with Gasteiger partial charge in [0.1, 0.15) is 10.3 Å². The van der Waals surface area contributed by atoms with E-state index < -0.39 is 0 Å². The van der Waals surface area contributed by atoms with Crippen LogP contribution in [-0.4, -0.2) is 36.1 Å². The van der Waals surface area contributed by atoms with Gasteiger partial charge in [-0.15, -0.1) is 0 Å². The molecule has 0 aromatic carbocycles. The summed E-state index contributed by atoms with van der Waals surface area (Å²) in [6.45, 7) is 6.18. The summed E-state index contributed by atoms with van der Waals surface area (Å²) in [6.07, 6.45) is 1.44. The lowest BCUT2D eigenvalue weighted by atomic mass is 10.1. The van der Waals surface area contributed by atoms with E-state index in [0.29, 0.717) is 22.6 Å². The highest BCUT2D eigenvalue weighted by molar-refractivity contribution is 9.10. The quantitative estimate of drug-likeness (QED) is 0.302. The molecule has 1 rings (SSSR count). The van der Waals surface area contributed by atoms with Crippen LogP contribution in [0.4, 0.5) is 5.69 Å². The maximum absolute atomic E-state index is 7.90. The van der Waals surface area contributed by atoms with Crippen LogP contribution in [0, 0.1) is 10.8 Å². The number of aromatic nitrogens is 1. The molecule has 0 fully saturated rings. The number of rotatable bonds is 6. The van der Waals surface area contributed by atoms with Gasteiger partial charge in [0.05, 0.1) is 17.7 Å². The van der Waals surface area contributed by atoms with Crippen LogP contribution in [0.25, 0.3) is 0 Å². The first kappa shape index (κ1) is 18.1. The molecular weight excluding hydrogens is 346 g/mol. The molecule has 22 heavy (non-hydrogen) atoms. The number of nitrogens with zero attached hydrogens (tertiary/aromatic N) is 2. The minimum absolute atomic E-state index is 0.0610. The van der Waals surface area contributed by atoms with Gasteiger partial charge in [-0.2, -0.15) is 0 Å². The lowest BCUT2D eigenvalue weighted by molar-refractivity contribution is 0.861. The van der Waals surface area contributed by atoms with Crippen molar-refractivity contribution in [2.45, 2.75) is 33.4 Å². The lowest BCUT2D eigenvalue weighted by Crippen LogP contribution is -2.24. The highest BCUT2D eigenvalue weighted by atomic mass is 79.9. The number of aliphatic imine (C=N–C) groups is 1. The molecule has 1 aromatic heterocycles. The van der Waals surface area contributed by atoms with Crippen LogP contribution < -0.4 is 16.0 Å². The largest absolute Gasteiger partial charge is 0.381 e. The molecule has 0 aliphatic carbocycles. The number of nitrogens with one attached hydrogen (secondary N) is 5.